The molecular formula is C16H19NO. The number of anilines is 1. The predicted molar refractivity (Wildman–Crippen MR) is 75.4 cm³/mol. The van der Waals surface area contributed by atoms with Crippen molar-refractivity contribution in [3.63, 3.8) is 0 Å². The second-order valence-electron chi connectivity index (χ2n) is 5.01. The Hall–Kier alpha value is -1.83. The summed E-state index contributed by atoms with van der Waals surface area (Å²) in [5, 5.41) is 2.96. The summed E-state index contributed by atoms with van der Waals surface area (Å²) in [4.78, 5) is 12.2. The van der Waals surface area contributed by atoms with Crippen molar-refractivity contribution in [2.24, 2.45) is 11.8 Å². The van der Waals surface area contributed by atoms with Crippen LogP contribution in [0.4, 0.5) is 5.69 Å². The lowest BCUT2D eigenvalue weighted by Crippen LogP contribution is -2.27. The van der Waals surface area contributed by atoms with Crippen LogP contribution < -0.4 is 5.32 Å². The Balaban J connectivity index is 2.05. The van der Waals surface area contributed by atoms with Crippen LogP contribution in [0.3, 0.4) is 0 Å². The largest absolute Gasteiger partial charge is 0.326 e. The fraction of sp³-hybridized carbons (Fsp3) is 0.312. The number of hydrogen-bond donors (Lipinski definition) is 1. The van der Waals surface area contributed by atoms with E-state index in [0.717, 1.165) is 5.69 Å². The van der Waals surface area contributed by atoms with Gasteiger partial charge in [-0.15, -0.1) is 0 Å². The second kappa shape index (κ2) is 5.21. The molecule has 1 aliphatic carbocycles. The number of nitrogens with one attached hydrogen (secondary N) is 1. The summed E-state index contributed by atoms with van der Waals surface area (Å²) in [6.07, 6.45) is 6.14. The lowest BCUT2D eigenvalue weighted by molar-refractivity contribution is -0.119. The van der Waals surface area contributed by atoms with Crippen molar-refractivity contribution in [1.29, 1.82) is 0 Å². The fourth-order valence-electron chi connectivity index (χ4n) is 2.19. The van der Waals surface area contributed by atoms with Gasteiger partial charge in [0, 0.05) is 5.69 Å². The molecule has 1 aromatic rings. The molecule has 2 rings (SSSR count). The first-order chi connectivity index (χ1) is 8.56. The Morgan fingerprint density at radius 2 is 1.83 bits per heavy atom. The number of benzene rings is 1. The van der Waals surface area contributed by atoms with Gasteiger partial charge < -0.3 is 5.32 Å². The maximum absolute atomic E-state index is 12.2. The maximum atomic E-state index is 12.2. The van der Waals surface area contributed by atoms with Crippen LogP contribution in [0.15, 0.2) is 48.1 Å². The first kappa shape index (κ1) is 12.6. The van der Waals surface area contributed by atoms with E-state index in [-0.39, 0.29) is 17.7 Å². The average Bonchev–Trinajstić information content (AvgIpc) is 2.32. The van der Waals surface area contributed by atoms with Crippen molar-refractivity contribution in [2.45, 2.75) is 20.8 Å². The van der Waals surface area contributed by atoms with Gasteiger partial charge >= 0.3 is 0 Å². The molecule has 0 heterocycles. The van der Waals surface area contributed by atoms with Gasteiger partial charge in [-0.2, -0.15) is 0 Å². The van der Waals surface area contributed by atoms with Crippen LogP contribution in [0, 0.1) is 18.8 Å². The van der Waals surface area contributed by atoms with Crippen LogP contribution >= 0.6 is 0 Å². The van der Waals surface area contributed by atoms with E-state index < -0.39 is 0 Å². The van der Waals surface area contributed by atoms with E-state index >= 15 is 0 Å². The third-order valence-electron chi connectivity index (χ3n) is 3.28. The molecule has 0 aliphatic heterocycles. The number of carbonyl (C=O) groups is 1. The van der Waals surface area contributed by atoms with Crippen LogP contribution in [-0.4, -0.2) is 5.91 Å². The molecule has 2 nitrogen and oxygen atoms in total. The number of carbonyl (C=O) groups excluding carboxylic acids is 1. The molecule has 1 N–H and O–H groups in total. The molecule has 0 saturated carbocycles. The lowest BCUT2D eigenvalue weighted by Gasteiger charge is -2.21. The summed E-state index contributed by atoms with van der Waals surface area (Å²) in [7, 11) is 0. The van der Waals surface area contributed by atoms with Crippen molar-refractivity contribution in [3.8, 4) is 0 Å². The Kier molecular flexibility index (Phi) is 3.66. The SMILES string of the molecule is CC1=CC(C)C(C(=O)Nc2ccc(C)cc2)C=C1. The summed E-state index contributed by atoms with van der Waals surface area (Å²) < 4.78 is 0. The van der Waals surface area contributed by atoms with Crippen molar-refractivity contribution >= 4 is 11.6 Å². The van der Waals surface area contributed by atoms with Gasteiger partial charge in [-0.25, -0.2) is 0 Å². The zero-order valence-electron chi connectivity index (χ0n) is 11.1. The lowest BCUT2D eigenvalue weighted by atomic mass is 9.87. The van der Waals surface area contributed by atoms with Gasteiger partial charge in [0.1, 0.15) is 0 Å². The van der Waals surface area contributed by atoms with Crippen molar-refractivity contribution in [3.05, 3.63) is 53.6 Å². The highest BCUT2D eigenvalue weighted by atomic mass is 16.1. The second-order valence-corrected chi connectivity index (χ2v) is 5.01. The van der Waals surface area contributed by atoms with E-state index in [1.165, 1.54) is 11.1 Å². The average molecular weight is 241 g/mol. The zero-order valence-corrected chi connectivity index (χ0v) is 11.1. The van der Waals surface area contributed by atoms with Crippen molar-refractivity contribution < 1.29 is 4.79 Å². The minimum Gasteiger partial charge on any atom is -0.326 e. The number of allylic oxidation sites excluding steroid dienone is 3. The molecule has 1 amide bonds. The smallest absolute Gasteiger partial charge is 0.231 e. The summed E-state index contributed by atoms with van der Waals surface area (Å²) >= 11 is 0. The highest BCUT2D eigenvalue weighted by molar-refractivity contribution is 5.94. The van der Waals surface area contributed by atoms with E-state index in [2.05, 4.69) is 25.2 Å². The topological polar surface area (TPSA) is 29.1 Å². The molecule has 0 fully saturated rings. The molecule has 0 bridgehead atoms. The Morgan fingerprint density at radius 1 is 1.17 bits per heavy atom. The Labute approximate surface area is 108 Å². The van der Waals surface area contributed by atoms with Gasteiger partial charge in [-0.1, -0.05) is 48.4 Å². The molecule has 0 spiro atoms. The van der Waals surface area contributed by atoms with Gasteiger partial charge in [0.25, 0.3) is 0 Å². The molecular weight excluding hydrogens is 222 g/mol. The first-order valence-corrected chi connectivity index (χ1v) is 6.30. The molecule has 2 atom stereocenters. The van der Waals surface area contributed by atoms with Crippen LogP contribution in [0.2, 0.25) is 0 Å². The van der Waals surface area contributed by atoms with Gasteiger partial charge in [0.2, 0.25) is 5.91 Å². The quantitative estimate of drug-likeness (QED) is 0.840. The summed E-state index contributed by atoms with van der Waals surface area (Å²) in [6.45, 7) is 6.17. The maximum Gasteiger partial charge on any atom is 0.231 e. The fourth-order valence-corrected chi connectivity index (χ4v) is 2.19. The van der Waals surface area contributed by atoms with Gasteiger partial charge in [0.15, 0.2) is 0 Å². The predicted octanol–water partition coefficient (Wildman–Crippen LogP) is 3.70. The normalized spacial score (nSPS) is 22.5. The molecule has 1 aliphatic rings. The van der Waals surface area contributed by atoms with Crippen LogP contribution in [0.5, 0.6) is 0 Å². The third-order valence-corrected chi connectivity index (χ3v) is 3.28. The van der Waals surface area contributed by atoms with Crippen molar-refractivity contribution in [2.75, 3.05) is 5.32 Å². The molecule has 94 valence electrons. The van der Waals surface area contributed by atoms with E-state index in [4.69, 9.17) is 0 Å². The first-order valence-electron chi connectivity index (χ1n) is 6.30. The summed E-state index contributed by atoms with van der Waals surface area (Å²) in [5.74, 6) is 0.238. The van der Waals surface area contributed by atoms with Gasteiger partial charge in [0.05, 0.1) is 5.92 Å². The minimum atomic E-state index is -0.0741. The Bertz CT molecular complexity index is 496. The van der Waals surface area contributed by atoms with E-state index in [9.17, 15) is 4.79 Å². The highest BCUT2D eigenvalue weighted by Gasteiger charge is 2.23. The highest BCUT2D eigenvalue weighted by Crippen LogP contribution is 2.24. The van der Waals surface area contributed by atoms with Gasteiger partial charge in [-0.05, 0) is 31.9 Å². The standard InChI is InChI=1S/C16H19NO/c1-11-4-7-14(8-5-11)17-16(18)15-9-6-12(2)10-13(15)3/h4-10,13,15H,1-3H3,(H,17,18). The molecule has 0 aromatic heterocycles. The number of amides is 1. The monoisotopic (exact) mass is 241 g/mol. The molecule has 2 unspecified atom stereocenters. The molecule has 1 aromatic carbocycles. The summed E-state index contributed by atoms with van der Waals surface area (Å²) in [6, 6.07) is 7.87. The van der Waals surface area contributed by atoms with E-state index in [1.54, 1.807) is 0 Å². The zero-order chi connectivity index (χ0) is 13.1. The number of hydrogen-bond acceptors (Lipinski definition) is 1. The van der Waals surface area contributed by atoms with E-state index in [1.807, 2.05) is 43.3 Å². The van der Waals surface area contributed by atoms with Gasteiger partial charge in [-0.3, -0.25) is 4.79 Å². The molecule has 18 heavy (non-hydrogen) atoms. The number of aryl methyl sites for hydroxylation is 1. The Morgan fingerprint density at radius 3 is 2.44 bits per heavy atom. The van der Waals surface area contributed by atoms with Crippen LogP contribution in [0.25, 0.3) is 0 Å². The molecule has 2 heteroatoms. The molecule has 0 radical (unpaired) electrons. The number of rotatable bonds is 2. The summed E-state index contributed by atoms with van der Waals surface area (Å²) in [5.41, 5.74) is 3.27. The molecule has 0 saturated heterocycles. The minimum absolute atomic E-state index is 0.0614. The van der Waals surface area contributed by atoms with Crippen LogP contribution in [0.1, 0.15) is 19.4 Å². The van der Waals surface area contributed by atoms with Crippen molar-refractivity contribution in [1.82, 2.24) is 0 Å². The third kappa shape index (κ3) is 2.89. The van der Waals surface area contributed by atoms with E-state index in [0.29, 0.717) is 0 Å². The van der Waals surface area contributed by atoms with Crippen LogP contribution in [-0.2, 0) is 4.79 Å².